The summed E-state index contributed by atoms with van der Waals surface area (Å²) in [5.41, 5.74) is 2.21. The number of ether oxygens (including phenoxy) is 5. The van der Waals surface area contributed by atoms with Gasteiger partial charge in [-0.1, -0.05) is 37.4 Å². The van der Waals surface area contributed by atoms with Crippen LogP contribution in [0.2, 0.25) is 0 Å². The molecular formula is C32H30O9. The number of benzene rings is 3. The van der Waals surface area contributed by atoms with E-state index in [0.29, 0.717) is 42.3 Å². The van der Waals surface area contributed by atoms with Crippen molar-refractivity contribution in [3.63, 3.8) is 0 Å². The van der Waals surface area contributed by atoms with Crippen molar-refractivity contribution in [2.45, 2.75) is 19.3 Å². The Labute approximate surface area is 237 Å². The van der Waals surface area contributed by atoms with Crippen LogP contribution in [0.15, 0.2) is 97.6 Å². The van der Waals surface area contributed by atoms with Gasteiger partial charge in [0.25, 0.3) is 0 Å². The third-order valence-electron chi connectivity index (χ3n) is 5.64. The predicted molar refractivity (Wildman–Crippen MR) is 151 cm³/mol. The van der Waals surface area contributed by atoms with Gasteiger partial charge in [-0.2, -0.15) is 0 Å². The molecular weight excluding hydrogens is 528 g/mol. The zero-order valence-corrected chi connectivity index (χ0v) is 22.6. The molecule has 0 atom stereocenters. The fourth-order valence-electron chi connectivity index (χ4n) is 3.42. The van der Waals surface area contributed by atoms with Gasteiger partial charge in [0.1, 0.15) is 17.2 Å². The van der Waals surface area contributed by atoms with Gasteiger partial charge in [-0.25, -0.2) is 14.4 Å². The van der Waals surface area contributed by atoms with Crippen LogP contribution in [0.1, 0.15) is 29.6 Å². The second-order valence-electron chi connectivity index (χ2n) is 8.64. The Balaban J connectivity index is 1.39. The third-order valence-corrected chi connectivity index (χ3v) is 5.64. The summed E-state index contributed by atoms with van der Waals surface area (Å²) >= 11 is 0. The van der Waals surface area contributed by atoms with E-state index in [0.717, 1.165) is 17.2 Å². The van der Waals surface area contributed by atoms with Gasteiger partial charge in [0.05, 0.1) is 32.3 Å². The summed E-state index contributed by atoms with van der Waals surface area (Å²) in [7, 11) is 1.23. The highest BCUT2D eigenvalue weighted by atomic mass is 16.5. The molecule has 0 spiro atoms. The Morgan fingerprint density at radius 3 is 1.83 bits per heavy atom. The van der Waals surface area contributed by atoms with E-state index in [1.165, 1.54) is 7.11 Å². The van der Waals surface area contributed by atoms with Crippen LogP contribution < -0.4 is 14.2 Å². The van der Waals surface area contributed by atoms with Crippen LogP contribution in [0, 0.1) is 0 Å². The molecule has 0 N–H and O–H groups in total. The molecule has 0 fully saturated rings. The van der Waals surface area contributed by atoms with Crippen molar-refractivity contribution < 1.29 is 42.9 Å². The Hall–Kier alpha value is -5.18. The summed E-state index contributed by atoms with van der Waals surface area (Å²) < 4.78 is 25.8. The largest absolute Gasteiger partial charge is 0.494 e. The molecule has 212 valence electrons. The number of hydrogen-bond donors (Lipinski definition) is 0. The van der Waals surface area contributed by atoms with Crippen molar-refractivity contribution in [3.8, 4) is 28.4 Å². The number of rotatable bonds is 14. The highest BCUT2D eigenvalue weighted by Crippen LogP contribution is 2.25. The van der Waals surface area contributed by atoms with Crippen molar-refractivity contribution >= 4 is 23.9 Å². The molecule has 0 aliphatic rings. The number of unbranched alkanes of at least 4 members (excludes halogenated alkanes) is 1. The molecule has 9 heteroatoms. The van der Waals surface area contributed by atoms with Crippen molar-refractivity contribution in [1.29, 1.82) is 0 Å². The van der Waals surface area contributed by atoms with Crippen molar-refractivity contribution in [1.82, 2.24) is 0 Å². The maximum atomic E-state index is 12.6. The number of methoxy groups -OCH3 is 1. The Kier molecular flexibility index (Phi) is 11.4. The van der Waals surface area contributed by atoms with Gasteiger partial charge in [0, 0.05) is 11.6 Å². The van der Waals surface area contributed by atoms with Crippen LogP contribution in [-0.4, -0.2) is 44.2 Å². The lowest BCUT2D eigenvalue weighted by atomic mass is 10.1. The van der Waals surface area contributed by atoms with Gasteiger partial charge in [-0.05, 0) is 72.5 Å². The van der Waals surface area contributed by atoms with E-state index in [2.05, 4.69) is 17.9 Å². The fourth-order valence-corrected chi connectivity index (χ4v) is 3.42. The first kappa shape index (κ1) is 30.4. The van der Waals surface area contributed by atoms with Crippen molar-refractivity contribution in [3.05, 3.63) is 103 Å². The average Bonchev–Trinajstić information content (AvgIpc) is 2.99. The smallest absolute Gasteiger partial charge is 0.343 e. The lowest BCUT2D eigenvalue weighted by Crippen LogP contribution is -2.13. The summed E-state index contributed by atoms with van der Waals surface area (Å²) in [6, 6.07) is 20.6. The minimum atomic E-state index is -0.630. The summed E-state index contributed by atoms with van der Waals surface area (Å²) in [6.07, 6.45) is 2.09. The van der Waals surface area contributed by atoms with Crippen molar-refractivity contribution in [2.75, 3.05) is 20.3 Å². The molecule has 3 aromatic rings. The quantitative estimate of drug-likeness (QED) is 0.110. The third kappa shape index (κ3) is 9.81. The molecule has 0 aromatic heterocycles. The van der Waals surface area contributed by atoms with E-state index >= 15 is 0 Å². The van der Waals surface area contributed by atoms with Crippen LogP contribution in [-0.2, 0) is 23.9 Å². The van der Waals surface area contributed by atoms with E-state index < -0.39 is 23.9 Å². The van der Waals surface area contributed by atoms with Crippen LogP contribution in [0.5, 0.6) is 17.2 Å². The zero-order valence-electron chi connectivity index (χ0n) is 22.6. The van der Waals surface area contributed by atoms with Crippen LogP contribution in [0.3, 0.4) is 0 Å². The van der Waals surface area contributed by atoms with Gasteiger partial charge in [-0.15, -0.1) is 0 Å². The van der Waals surface area contributed by atoms with Gasteiger partial charge < -0.3 is 23.7 Å². The van der Waals surface area contributed by atoms with Gasteiger partial charge in [-0.3, -0.25) is 4.79 Å². The maximum absolute atomic E-state index is 12.6. The number of carbonyl (C=O) groups excluding carboxylic acids is 4. The number of esters is 4. The second-order valence-corrected chi connectivity index (χ2v) is 8.64. The summed E-state index contributed by atoms with van der Waals surface area (Å²) in [4.78, 5) is 46.8. The Bertz CT molecular complexity index is 1370. The molecule has 3 rings (SSSR count). The van der Waals surface area contributed by atoms with E-state index in [4.69, 9.17) is 18.9 Å². The van der Waals surface area contributed by atoms with E-state index in [9.17, 15) is 19.2 Å². The van der Waals surface area contributed by atoms with Gasteiger partial charge in [0.2, 0.25) is 0 Å². The molecule has 0 bridgehead atoms. The fraction of sp³-hybridized carbons (Fsp3) is 0.188. The zero-order chi connectivity index (χ0) is 29.6. The normalized spacial score (nSPS) is 10.2. The molecule has 0 aliphatic carbocycles. The van der Waals surface area contributed by atoms with E-state index in [1.54, 1.807) is 48.5 Å². The minimum Gasteiger partial charge on any atom is -0.494 e. The molecule has 9 nitrogen and oxygen atoms in total. The highest BCUT2D eigenvalue weighted by molar-refractivity contribution is 5.93. The molecule has 0 aliphatic heterocycles. The summed E-state index contributed by atoms with van der Waals surface area (Å²) in [5.74, 6) is -0.820. The lowest BCUT2D eigenvalue weighted by molar-refractivity contribution is -0.144. The van der Waals surface area contributed by atoms with Gasteiger partial charge >= 0.3 is 23.9 Å². The molecule has 0 amide bonds. The van der Waals surface area contributed by atoms with Crippen LogP contribution in [0.25, 0.3) is 11.1 Å². The van der Waals surface area contributed by atoms with Crippen molar-refractivity contribution in [2.24, 2.45) is 0 Å². The molecule has 0 saturated heterocycles. The summed E-state index contributed by atoms with van der Waals surface area (Å²) in [5, 5.41) is 0. The maximum Gasteiger partial charge on any atom is 0.343 e. The van der Waals surface area contributed by atoms with Gasteiger partial charge in [0.15, 0.2) is 0 Å². The first-order chi connectivity index (χ1) is 19.8. The first-order valence-electron chi connectivity index (χ1n) is 12.7. The molecule has 0 heterocycles. The van der Waals surface area contributed by atoms with E-state index in [1.807, 2.05) is 24.3 Å². The highest BCUT2D eigenvalue weighted by Gasteiger charge is 2.13. The SMILES string of the molecule is C=CC(=O)Oc1ccc(-c2ccc(OC(=O)c3ccc(OCCCCOC(=O)C(=C)CC(=O)OC)cc3)cc2)cc1. The molecule has 0 unspecified atom stereocenters. The van der Waals surface area contributed by atoms with Crippen LogP contribution >= 0.6 is 0 Å². The minimum absolute atomic E-state index is 0.0426. The molecule has 0 radical (unpaired) electrons. The number of carbonyl (C=O) groups is 4. The summed E-state index contributed by atoms with van der Waals surface area (Å²) in [6.45, 7) is 7.45. The van der Waals surface area contributed by atoms with E-state index in [-0.39, 0.29) is 18.6 Å². The monoisotopic (exact) mass is 558 g/mol. The Morgan fingerprint density at radius 2 is 1.27 bits per heavy atom. The Morgan fingerprint density at radius 1 is 0.732 bits per heavy atom. The first-order valence-corrected chi connectivity index (χ1v) is 12.7. The molecule has 41 heavy (non-hydrogen) atoms. The number of hydrogen-bond acceptors (Lipinski definition) is 9. The lowest BCUT2D eigenvalue weighted by Gasteiger charge is -2.09. The second kappa shape index (κ2) is 15.4. The topological polar surface area (TPSA) is 114 Å². The predicted octanol–water partition coefficient (Wildman–Crippen LogP) is 5.49. The average molecular weight is 559 g/mol. The molecule has 0 saturated carbocycles. The molecule has 3 aromatic carbocycles. The van der Waals surface area contributed by atoms with Crippen LogP contribution in [0.4, 0.5) is 0 Å². The standard InChI is InChI=1S/C32H30O9/c1-4-29(33)40-27-15-7-23(8-16-27)24-9-17-28(18-10-24)41-32(36)25-11-13-26(14-12-25)38-19-5-6-20-39-31(35)22(2)21-30(34)37-3/h4,7-18H,1-2,5-6,19-21H2,3H3.